The van der Waals surface area contributed by atoms with Gasteiger partial charge in [0, 0.05) is 47.5 Å². The summed E-state index contributed by atoms with van der Waals surface area (Å²) in [5, 5.41) is 1.20. The van der Waals surface area contributed by atoms with Crippen LogP contribution < -0.4 is 5.73 Å². The molecule has 2 aromatic heterocycles. The van der Waals surface area contributed by atoms with Crippen LogP contribution in [-0.2, 0) is 4.79 Å². The first-order valence-corrected chi connectivity index (χ1v) is 11.0. The minimum atomic E-state index is -0.179. The maximum atomic E-state index is 13.1. The van der Waals surface area contributed by atoms with Crippen LogP contribution in [0.2, 0.25) is 0 Å². The molecular weight excluding hydrogens is 372 g/mol. The molecule has 158 valence electrons. The summed E-state index contributed by atoms with van der Waals surface area (Å²) in [6.07, 6.45) is 3.85. The molecule has 2 unspecified atom stereocenters. The molecule has 0 spiro atoms. The fourth-order valence-corrected chi connectivity index (χ4v) is 4.65. The summed E-state index contributed by atoms with van der Waals surface area (Å²) in [7, 11) is 0. The van der Waals surface area contributed by atoms with Crippen LogP contribution in [0.25, 0.3) is 22.2 Å². The first-order valence-electron chi connectivity index (χ1n) is 11.0. The second-order valence-electron chi connectivity index (χ2n) is 8.97. The van der Waals surface area contributed by atoms with Gasteiger partial charge in [-0.25, -0.2) is 0 Å². The van der Waals surface area contributed by atoms with Gasteiger partial charge in [0.05, 0.1) is 11.6 Å². The number of piperidine rings is 1. The van der Waals surface area contributed by atoms with Gasteiger partial charge in [-0.3, -0.25) is 9.78 Å². The number of hydrogen-bond acceptors (Lipinski definition) is 3. The van der Waals surface area contributed by atoms with Crippen LogP contribution in [-0.4, -0.2) is 39.9 Å². The number of nitrogens with one attached hydrogen (secondary N) is 1. The van der Waals surface area contributed by atoms with Gasteiger partial charge in [0.1, 0.15) is 0 Å². The Kier molecular flexibility index (Phi) is 5.65. The van der Waals surface area contributed by atoms with Crippen LogP contribution >= 0.6 is 0 Å². The Balaban J connectivity index is 1.73. The molecular formula is C25H32N4O. The van der Waals surface area contributed by atoms with Gasteiger partial charge in [-0.05, 0) is 68.0 Å². The van der Waals surface area contributed by atoms with Crippen molar-refractivity contribution in [3.63, 3.8) is 0 Å². The van der Waals surface area contributed by atoms with E-state index in [-0.39, 0.29) is 17.9 Å². The molecule has 1 aliphatic heterocycles. The van der Waals surface area contributed by atoms with Gasteiger partial charge in [-0.15, -0.1) is 0 Å². The Hall–Kier alpha value is -2.66. The van der Waals surface area contributed by atoms with Crippen LogP contribution in [0, 0.1) is 6.92 Å². The number of aromatic nitrogens is 2. The molecule has 1 aliphatic rings. The number of aromatic amines is 1. The SMILES string of the molecule is Cc1cc(-c2[nH]c3ccc(C(C)C(=O)N4CCCC(N)C4)cc3c2C(C)C)ccn1. The molecule has 2 atom stereocenters. The van der Waals surface area contributed by atoms with Gasteiger partial charge in [0.2, 0.25) is 5.91 Å². The largest absolute Gasteiger partial charge is 0.354 e. The highest BCUT2D eigenvalue weighted by molar-refractivity contribution is 5.93. The number of aryl methyl sites for hydroxylation is 1. The maximum Gasteiger partial charge on any atom is 0.229 e. The van der Waals surface area contributed by atoms with Crippen LogP contribution in [0.1, 0.15) is 62.3 Å². The van der Waals surface area contributed by atoms with Gasteiger partial charge < -0.3 is 15.6 Å². The number of benzene rings is 1. The standard InChI is InChI=1S/C25H32N4O/c1-15(2)23-21-13-18(17(4)25(30)29-11-5-6-20(26)14-29)7-8-22(21)28-24(23)19-9-10-27-16(3)12-19/h7-10,12-13,15,17,20,28H,5-6,11,14,26H2,1-4H3. The number of amides is 1. The average Bonchev–Trinajstić information content (AvgIpc) is 3.11. The number of carbonyl (C=O) groups excluding carboxylic acids is 1. The van der Waals surface area contributed by atoms with Crippen LogP contribution in [0.5, 0.6) is 0 Å². The number of nitrogens with two attached hydrogens (primary N) is 1. The lowest BCUT2D eigenvalue weighted by Crippen LogP contribution is -2.47. The van der Waals surface area contributed by atoms with Gasteiger partial charge in [-0.1, -0.05) is 19.9 Å². The van der Waals surface area contributed by atoms with E-state index >= 15 is 0 Å². The van der Waals surface area contributed by atoms with E-state index in [1.54, 1.807) is 0 Å². The number of hydrogen-bond donors (Lipinski definition) is 2. The van der Waals surface area contributed by atoms with Crippen molar-refractivity contribution in [3.8, 4) is 11.3 Å². The second-order valence-corrected chi connectivity index (χ2v) is 8.97. The maximum absolute atomic E-state index is 13.1. The Labute approximate surface area is 178 Å². The minimum Gasteiger partial charge on any atom is -0.354 e. The lowest BCUT2D eigenvalue weighted by molar-refractivity contribution is -0.133. The number of nitrogens with zero attached hydrogens (tertiary/aromatic N) is 2. The van der Waals surface area contributed by atoms with Gasteiger partial charge in [0.25, 0.3) is 0 Å². The smallest absolute Gasteiger partial charge is 0.229 e. The third kappa shape index (κ3) is 3.86. The summed E-state index contributed by atoms with van der Waals surface area (Å²) in [4.78, 5) is 23.0. The van der Waals surface area contributed by atoms with E-state index in [0.29, 0.717) is 12.5 Å². The number of carbonyl (C=O) groups is 1. The first-order chi connectivity index (χ1) is 14.3. The van der Waals surface area contributed by atoms with E-state index in [2.05, 4.69) is 54.1 Å². The fraction of sp³-hybridized carbons (Fsp3) is 0.440. The average molecular weight is 405 g/mol. The topological polar surface area (TPSA) is 75.0 Å². The van der Waals surface area contributed by atoms with E-state index in [0.717, 1.165) is 47.4 Å². The number of fused-ring (bicyclic) bond motifs is 1. The van der Waals surface area contributed by atoms with Crippen LogP contribution in [0.15, 0.2) is 36.5 Å². The van der Waals surface area contributed by atoms with Crippen molar-refractivity contribution in [1.29, 1.82) is 0 Å². The molecule has 1 amide bonds. The predicted octanol–water partition coefficient (Wildman–Crippen LogP) is 4.71. The number of H-pyrrole nitrogens is 1. The lowest BCUT2D eigenvalue weighted by Gasteiger charge is -2.32. The van der Waals surface area contributed by atoms with Crippen LogP contribution in [0.3, 0.4) is 0 Å². The second kappa shape index (κ2) is 8.23. The van der Waals surface area contributed by atoms with Gasteiger partial charge in [-0.2, -0.15) is 0 Å². The number of likely N-dealkylation sites (tertiary alicyclic amines) is 1. The predicted molar refractivity (Wildman–Crippen MR) is 123 cm³/mol. The molecule has 3 N–H and O–H groups in total. The first kappa shape index (κ1) is 20.6. The van der Waals surface area contributed by atoms with Gasteiger partial charge in [0.15, 0.2) is 0 Å². The Morgan fingerprint density at radius 3 is 2.73 bits per heavy atom. The lowest BCUT2D eigenvalue weighted by atomic mass is 9.92. The number of rotatable bonds is 4. The molecule has 1 fully saturated rings. The third-order valence-corrected chi connectivity index (χ3v) is 6.27. The Bertz CT molecular complexity index is 1070. The summed E-state index contributed by atoms with van der Waals surface area (Å²) in [5.41, 5.74) is 12.8. The molecule has 0 aliphatic carbocycles. The monoisotopic (exact) mass is 404 g/mol. The molecule has 3 aromatic rings. The molecule has 30 heavy (non-hydrogen) atoms. The van der Waals surface area contributed by atoms with Crippen molar-refractivity contribution in [3.05, 3.63) is 53.3 Å². The van der Waals surface area contributed by atoms with Crippen molar-refractivity contribution < 1.29 is 4.79 Å². The van der Waals surface area contributed by atoms with E-state index in [9.17, 15) is 4.79 Å². The van der Waals surface area contributed by atoms with Gasteiger partial charge >= 0.3 is 0 Å². The Morgan fingerprint density at radius 1 is 1.23 bits per heavy atom. The summed E-state index contributed by atoms with van der Waals surface area (Å²) in [5.74, 6) is 0.348. The Morgan fingerprint density at radius 2 is 2.03 bits per heavy atom. The minimum absolute atomic E-state index is 0.0981. The summed E-state index contributed by atoms with van der Waals surface area (Å²) in [6, 6.07) is 10.7. The zero-order valence-corrected chi connectivity index (χ0v) is 18.4. The highest BCUT2D eigenvalue weighted by Crippen LogP contribution is 2.37. The molecule has 5 nitrogen and oxygen atoms in total. The molecule has 1 aromatic carbocycles. The molecule has 4 rings (SSSR count). The van der Waals surface area contributed by atoms with Crippen LogP contribution in [0.4, 0.5) is 0 Å². The molecule has 0 radical (unpaired) electrons. The molecule has 3 heterocycles. The third-order valence-electron chi connectivity index (χ3n) is 6.27. The van der Waals surface area contributed by atoms with E-state index in [1.165, 1.54) is 10.9 Å². The van der Waals surface area contributed by atoms with Crippen molar-refractivity contribution in [2.75, 3.05) is 13.1 Å². The van der Waals surface area contributed by atoms with Crippen molar-refractivity contribution in [2.45, 2.75) is 58.4 Å². The zero-order chi connectivity index (χ0) is 21.4. The van der Waals surface area contributed by atoms with Crippen molar-refractivity contribution in [2.24, 2.45) is 5.73 Å². The molecule has 1 saturated heterocycles. The molecule has 0 bridgehead atoms. The highest BCUT2D eigenvalue weighted by atomic mass is 16.2. The molecule has 5 heteroatoms. The van der Waals surface area contributed by atoms with E-state index in [1.807, 2.05) is 24.9 Å². The van der Waals surface area contributed by atoms with E-state index in [4.69, 9.17) is 5.73 Å². The summed E-state index contributed by atoms with van der Waals surface area (Å²) < 4.78 is 0. The zero-order valence-electron chi connectivity index (χ0n) is 18.4. The molecule has 0 saturated carbocycles. The number of pyridine rings is 1. The highest BCUT2D eigenvalue weighted by Gasteiger charge is 2.27. The summed E-state index contributed by atoms with van der Waals surface area (Å²) in [6.45, 7) is 9.94. The normalized spacial score (nSPS) is 18.2. The van der Waals surface area contributed by atoms with Crippen molar-refractivity contribution >= 4 is 16.8 Å². The fourth-order valence-electron chi connectivity index (χ4n) is 4.65. The quantitative estimate of drug-likeness (QED) is 0.661. The van der Waals surface area contributed by atoms with Crippen molar-refractivity contribution in [1.82, 2.24) is 14.9 Å². The summed E-state index contributed by atoms with van der Waals surface area (Å²) >= 11 is 0. The van der Waals surface area contributed by atoms with E-state index < -0.39 is 0 Å².